The van der Waals surface area contributed by atoms with Crippen LogP contribution in [0.2, 0.25) is 0 Å². The molecule has 0 radical (unpaired) electrons. The second-order valence-electron chi connectivity index (χ2n) is 4.18. The molecule has 3 heteroatoms. The summed E-state index contributed by atoms with van der Waals surface area (Å²) in [6, 6.07) is 9.82. The van der Waals surface area contributed by atoms with E-state index in [2.05, 4.69) is 13.2 Å². The Labute approximate surface area is 110 Å². The summed E-state index contributed by atoms with van der Waals surface area (Å²) in [4.78, 5) is 0. The molecule has 2 nitrogen and oxygen atoms in total. The van der Waals surface area contributed by atoms with E-state index in [-0.39, 0.29) is 0 Å². The van der Waals surface area contributed by atoms with E-state index < -0.39 is 7.37 Å². The first-order valence-corrected chi connectivity index (χ1v) is 8.18. The van der Waals surface area contributed by atoms with E-state index in [0.717, 1.165) is 18.4 Å². The topological polar surface area (TPSA) is 26.3 Å². The quantitative estimate of drug-likeness (QED) is 0.480. The minimum Gasteiger partial charge on any atom is -0.324 e. The van der Waals surface area contributed by atoms with E-state index in [9.17, 15) is 4.57 Å². The van der Waals surface area contributed by atoms with Gasteiger partial charge in [0.05, 0.1) is 6.61 Å². The number of allylic oxidation sites excluding steroid dienone is 2. The fraction of sp³-hybridized carbons (Fsp3) is 0.333. The van der Waals surface area contributed by atoms with Gasteiger partial charge in [0.25, 0.3) is 0 Å². The van der Waals surface area contributed by atoms with E-state index in [0.29, 0.717) is 18.9 Å². The molecule has 0 aliphatic heterocycles. The van der Waals surface area contributed by atoms with Crippen LogP contribution in [0.5, 0.6) is 0 Å². The number of rotatable bonds is 9. The van der Waals surface area contributed by atoms with Crippen molar-refractivity contribution in [2.45, 2.75) is 19.4 Å². The van der Waals surface area contributed by atoms with Crippen LogP contribution >= 0.6 is 7.37 Å². The van der Waals surface area contributed by atoms with Crippen molar-refractivity contribution in [2.24, 2.45) is 0 Å². The summed E-state index contributed by atoms with van der Waals surface area (Å²) >= 11 is 0. The first-order valence-electron chi connectivity index (χ1n) is 6.18. The molecule has 0 atom stereocenters. The van der Waals surface area contributed by atoms with Gasteiger partial charge in [-0.05, 0) is 18.4 Å². The second kappa shape index (κ2) is 8.07. The Morgan fingerprint density at radius 1 is 1.06 bits per heavy atom. The third kappa shape index (κ3) is 5.48. The highest BCUT2D eigenvalue weighted by molar-refractivity contribution is 7.58. The molecule has 1 aromatic rings. The van der Waals surface area contributed by atoms with Gasteiger partial charge in [0.2, 0.25) is 7.37 Å². The van der Waals surface area contributed by atoms with E-state index in [1.165, 1.54) is 0 Å². The summed E-state index contributed by atoms with van der Waals surface area (Å²) in [7, 11) is -2.56. The van der Waals surface area contributed by atoms with Gasteiger partial charge in [0, 0.05) is 12.3 Å². The monoisotopic (exact) mass is 264 g/mol. The van der Waals surface area contributed by atoms with Crippen molar-refractivity contribution in [1.29, 1.82) is 0 Å². The van der Waals surface area contributed by atoms with Crippen LogP contribution in [0, 0.1) is 0 Å². The van der Waals surface area contributed by atoms with Crippen LogP contribution in [0.3, 0.4) is 0 Å². The van der Waals surface area contributed by atoms with Gasteiger partial charge in [-0.15, -0.1) is 13.2 Å². The van der Waals surface area contributed by atoms with Gasteiger partial charge in [-0.1, -0.05) is 42.5 Å². The maximum atomic E-state index is 12.6. The molecule has 18 heavy (non-hydrogen) atoms. The van der Waals surface area contributed by atoms with Crippen molar-refractivity contribution in [3.05, 3.63) is 61.2 Å². The number of hydrogen-bond acceptors (Lipinski definition) is 2. The second-order valence-corrected chi connectivity index (χ2v) is 6.96. The summed E-state index contributed by atoms with van der Waals surface area (Å²) in [6.45, 7) is 7.74. The third-order valence-corrected chi connectivity index (χ3v) is 5.14. The lowest BCUT2D eigenvalue weighted by Crippen LogP contribution is -2.00. The normalized spacial score (nSPS) is 11.1. The first kappa shape index (κ1) is 14.9. The van der Waals surface area contributed by atoms with E-state index in [4.69, 9.17) is 4.52 Å². The van der Waals surface area contributed by atoms with E-state index in [1.54, 1.807) is 12.2 Å². The minimum atomic E-state index is -2.56. The molecule has 0 saturated heterocycles. The van der Waals surface area contributed by atoms with Crippen LogP contribution in [0.1, 0.15) is 18.4 Å². The van der Waals surface area contributed by atoms with Crippen LogP contribution in [0.15, 0.2) is 55.6 Å². The van der Waals surface area contributed by atoms with Gasteiger partial charge in [-0.2, -0.15) is 0 Å². The highest BCUT2D eigenvalue weighted by atomic mass is 31.2. The third-order valence-electron chi connectivity index (χ3n) is 2.66. The van der Waals surface area contributed by atoms with Crippen molar-refractivity contribution < 1.29 is 9.09 Å². The van der Waals surface area contributed by atoms with Crippen molar-refractivity contribution in [2.75, 3.05) is 12.3 Å². The molecule has 0 unspecified atom stereocenters. The van der Waals surface area contributed by atoms with E-state index >= 15 is 0 Å². The lowest BCUT2D eigenvalue weighted by molar-refractivity contribution is 0.303. The Bertz CT molecular complexity index is 396. The summed E-state index contributed by atoms with van der Waals surface area (Å²) in [5, 5.41) is 0. The number of benzene rings is 1. The Hall–Kier alpha value is -1.11. The van der Waals surface area contributed by atoms with Crippen molar-refractivity contribution in [3.63, 3.8) is 0 Å². The highest BCUT2D eigenvalue weighted by Crippen LogP contribution is 2.48. The van der Waals surface area contributed by atoms with Gasteiger partial charge in [0.15, 0.2) is 0 Å². The zero-order valence-corrected chi connectivity index (χ0v) is 11.6. The Kier molecular flexibility index (Phi) is 6.70. The molecular formula is C15H21O2P. The molecule has 98 valence electrons. The Morgan fingerprint density at radius 3 is 2.11 bits per heavy atom. The molecule has 0 heterocycles. The molecule has 0 bridgehead atoms. The summed E-state index contributed by atoms with van der Waals surface area (Å²) < 4.78 is 18.3. The first-order chi connectivity index (χ1) is 8.70. The van der Waals surface area contributed by atoms with Crippen LogP contribution in [0.4, 0.5) is 0 Å². The largest absolute Gasteiger partial charge is 0.324 e. The maximum absolute atomic E-state index is 12.6. The van der Waals surface area contributed by atoms with Crippen molar-refractivity contribution in [1.82, 2.24) is 0 Å². The molecule has 0 aliphatic carbocycles. The molecule has 0 amide bonds. The Balaban J connectivity index is 2.57. The van der Waals surface area contributed by atoms with Crippen LogP contribution < -0.4 is 0 Å². The molecule has 0 fully saturated rings. The fourth-order valence-electron chi connectivity index (χ4n) is 1.58. The zero-order chi connectivity index (χ0) is 13.3. The molecular weight excluding hydrogens is 243 g/mol. The van der Waals surface area contributed by atoms with Crippen LogP contribution in [-0.2, 0) is 15.7 Å². The van der Waals surface area contributed by atoms with Crippen LogP contribution in [0.25, 0.3) is 0 Å². The summed E-state index contributed by atoms with van der Waals surface area (Å²) in [5.74, 6) is 0. The minimum absolute atomic E-state index is 0.409. The van der Waals surface area contributed by atoms with Gasteiger partial charge in [0.1, 0.15) is 0 Å². The van der Waals surface area contributed by atoms with Gasteiger partial charge >= 0.3 is 0 Å². The fourth-order valence-corrected chi connectivity index (χ4v) is 3.60. The molecule has 0 aromatic heterocycles. The molecule has 0 saturated carbocycles. The predicted octanol–water partition coefficient (Wildman–Crippen LogP) is 4.63. The van der Waals surface area contributed by atoms with Gasteiger partial charge < -0.3 is 4.52 Å². The lowest BCUT2D eigenvalue weighted by Gasteiger charge is -2.17. The molecule has 0 spiro atoms. The van der Waals surface area contributed by atoms with E-state index in [1.807, 2.05) is 30.3 Å². The standard InChI is InChI=1S/C15H21O2P/c1-3-5-12-18(16,13-6-4-2)17-14-15-10-8-7-9-11-15/h3-4,7-11H,1-2,5-6,12-14H2. The summed E-state index contributed by atoms with van der Waals surface area (Å²) in [6.07, 6.45) is 6.15. The van der Waals surface area contributed by atoms with Gasteiger partial charge in [-0.3, -0.25) is 4.57 Å². The average molecular weight is 264 g/mol. The lowest BCUT2D eigenvalue weighted by atomic mass is 10.2. The average Bonchev–Trinajstić information content (AvgIpc) is 2.42. The predicted molar refractivity (Wildman–Crippen MR) is 78.2 cm³/mol. The van der Waals surface area contributed by atoms with Crippen molar-refractivity contribution >= 4 is 7.37 Å². The summed E-state index contributed by atoms with van der Waals surface area (Å²) in [5.41, 5.74) is 1.05. The van der Waals surface area contributed by atoms with Crippen molar-refractivity contribution in [3.8, 4) is 0 Å². The Morgan fingerprint density at radius 2 is 1.61 bits per heavy atom. The molecule has 1 rings (SSSR count). The molecule has 1 aromatic carbocycles. The van der Waals surface area contributed by atoms with Crippen LogP contribution in [-0.4, -0.2) is 12.3 Å². The van der Waals surface area contributed by atoms with Gasteiger partial charge in [-0.25, -0.2) is 0 Å². The smallest absolute Gasteiger partial charge is 0.204 e. The highest BCUT2D eigenvalue weighted by Gasteiger charge is 2.21. The maximum Gasteiger partial charge on any atom is 0.204 e. The molecule has 0 N–H and O–H groups in total. The zero-order valence-electron chi connectivity index (χ0n) is 10.8. The number of hydrogen-bond donors (Lipinski definition) is 0. The SMILES string of the molecule is C=CCCP(=O)(CCC=C)OCc1ccccc1. The molecule has 0 aliphatic rings.